The molecule has 26 heavy (non-hydrogen) atoms. The number of hydrogen-bond acceptors (Lipinski definition) is 3. The topological polar surface area (TPSA) is 71.2 Å². The maximum atomic E-state index is 11.7. The van der Waals surface area contributed by atoms with Gasteiger partial charge in [-0.05, 0) is 0 Å². The number of likely N-dealkylation sites (N-methyl/N-ethyl adjacent to an activating group) is 1. The van der Waals surface area contributed by atoms with Crippen molar-refractivity contribution in [2.75, 3.05) is 13.7 Å². The average molecular weight is 415 g/mol. The minimum absolute atomic E-state index is 0.00189. The Hall–Kier alpha value is -2.56. The van der Waals surface area contributed by atoms with Crippen LogP contribution in [0.15, 0.2) is 48.7 Å². The average Bonchev–Trinajstić information content (AvgIpc) is 3.04. The molecule has 2 aromatic carbocycles. The van der Waals surface area contributed by atoms with E-state index in [1.165, 1.54) is 14.3 Å². The molecule has 134 valence electrons. The molecule has 1 heterocycles. The van der Waals surface area contributed by atoms with E-state index in [0.717, 1.165) is 11.1 Å². The second kappa shape index (κ2) is 8.21. The fourth-order valence-corrected chi connectivity index (χ4v) is 4.57. The molecule has 3 aromatic rings. The zero-order valence-electron chi connectivity index (χ0n) is 14.7. The van der Waals surface area contributed by atoms with Crippen molar-refractivity contribution in [3.63, 3.8) is 0 Å². The van der Waals surface area contributed by atoms with Crippen LogP contribution in [0, 0.1) is 0 Å². The van der Waals surface area contributed by atoms with Crippen molar-refractivity contribution in [2.24, 2.45) is 0 Å². The molecule has 0 fully saturated rings. The third kappa shape index (κ3) is 4.15. The van der Waals surface area contributed by atoms with E-state index in [1.807, 2.05) is 42.6 Å². The molecule has 0 spiro atoms. The number of aromatic amines is 1. The Labute approximate surface area is 158 Å². The van der Waals surface area contributed by atoms with Crippen molar-refractivity contribution >= 4 is 46.7 Å². The molecule has 6 heteroatoms. The van der Waals surface area contributed by atoms with Gasteiger partial charge in [-0.15, -0.1) is 0 Å². The zero-order chi connectivity index (χ0) is 18.5. The Kier molecular flexibility index (Phi) is 5.76. The number of benzene rings is 2. The third-order valence-electron chi connectivity index (χ3n) is 3.94. The van der Waals surface area contributed by atoms with Gasteiger partial charge in [0.05, 0.1) is 0 Å². The molecule has 0 saturated heterocycles. The van der Waals surface area contributed by atoms with Crippen molar-refractivity contribution in [3.8, 4) is 0 Å². The number of H-pyrrole nitrogens is 1. The second-order valence-corrected chi connectivity index (χ2v) is 8.07. The molecule has 0 atom stereocenters. The molecule has 0 aliphatic heterocycles. The van der Waals surface area contributed by atoms with E-state index >= 15 is 0 Å². The Morgan fingerprint density at radius 1 is 1.15 bits per heavy atom. The summed E-state index contributed by atoms with van der Waals surface area (Å²) in [4.78, 5) is 26.6. The summed E-state index contributed by atoms with van der Waals surface area (Å²) >= 11 is 0.119. The van der Waals surface area contributed by atoms with Crippen LogP contribution in [0.25, 0.3) is 10.9 Å². The van der Waals surface area contributed by atoms with Gasteiger partial charge in [-0.25, -0.2) is 0 Å². The van der Waals surface area contributed by atoms with E-state index in [4.69, 9.17) is 4.74 Å². The molecule has 0 saturated carbocycles. The van der Waals surface area contributed by atoms with Crippen LogP contribution in [-0.2, 0) is 16.0 Å². The van der Waals surface area contributed by atoms with Crippen molar-refractivity contribution < 1.29 is 14.3 Å². The van der Waals surface area contributed by atoms with Gasteiger partial charge in [0.2, 0.25) is 0 Å². The summed E-state index contributed by atoms with van der Waals surface area (Å²) in [5, 5.41) is 3.81. The normalized spacial score (nSPS) is 10.7. The summed E-state index contributed by atoms with van der Waals surface area (Å²) in [6.07, 6.45) is 2.40. The van der Waals surface area contributed by atoms with Crippen LogP contribution in [0.5, 0.6) is 0 Å². The molecule has 0 aliphatic rings. The first kappa shape index (κ1) is 18.2. The van der Waals surface area contributed by atoms with Crippen molar-refractivity contribution in [1.82, 2.24) is 10.3 Å². The van der Waals surface area contributed by atoms with Crippen LogP contribution in [0.4, 0.5) is 0 Å². The summed E-state index contributed by atoms with van der Waals surface area (Å²) in [6, 6.07) is 13.7. The number of esters is 1. The van der Waals surface area contributed by atoms with Gasteiger partial charge in [0.25, 0.3) is 0 Å². The van der Waals surface area contributed by atoms with Gasteiger partial charge in [-0.3, -0.25) is 0 Å². The third-order valence-corrected chi connectivity index (χ3v) is 6.18. The van der Waals surface area contributed by atoms with Crippen LogP contribution in [0.2, 0.25) is 0 Å². The monoisotopic (exact) mass is 416 g/mol. The van der Waals surface area contributed by atoms with E-state index in [2.05, 4.69) is 16.4 Å². The fourth-order valence-electron chi connectivity index (χ4n) is 2.62. The van der Waals surface area contributed by atoms with Gasteiger partial charge < -0.3 is 0 Å². The van der Waals surface area contributed by atoms with Crippen LogP contribution in [0.3, 0.4) is 0 Å². The summed E-state index contributed by atoms with van der Waals surface area (Å²) in [7, 11) is 1.64. The van der Waals surface area contributed by atoms with Crippen molar-refractivity contribution in [2.45, 2.75) is 13.3 Å². The Bertz CT molecular complexity index is 932. The van der Waals surface area contributed by atoms with Gasteiger partial charge in [-0.2, -0.15) is 0 Å². The van der Waals surface area contributed by atoms with E-state index in [9.17, 15) is 9.59 Å². The van der Waals surface area contributed by atoms with Crippen molar-refractivity contribution in [3.05, 3.63) is 59.8 Å². The molecular weight excluding hydrogens is 395 g/mol. The van der Waals surface area contributed by atoms with Crippen LogP contribution < -0.4 is 14.2 Å². The minimum atomic E-state index is -0.290. The summed E-state index contributed by atoms with van der Waals surface area (Å²) in [6.45, 7) is 2.17. The number of hydrogen-bond donors (Lipinski definition) is 2. The van der Waals surface area contributed by atoms with E-state index in [-0.39, 0.29) is 26.8 Å². The quantitative estimate of drug-likeness (QED) is 0.471. The molecule has 0 aliphatic carbocycles. The second-order valence-electron chi connectivity index (χ2n) is 5.73. The molecule has 0 radical (unpaired) electrons. The van der Waals surface area contributed by atoms with Gasteiger partial charge in [0.1, 0.15) is 0 Å². The number of aromatic nitrogens is 1. The predicted octanol–water partition coefficient (Wildman–Crippen LogP) is 1.29. The first-order chi connectivity index (χ1) is 12.6. The number of fused-ring (bicyclic) bond motifs is 1. The SMILES string of the molecule is CCOC(=O)c1ccc([Se]c2c[nH]c3cc(CC(=O)NC)ccc23)cc1. The van der Waals surface area contributed by atoms with Crippen molar-refractivity contribution in [1.29, 1.82) is 0 Å². The number of carbonyl (C=O) groups excluding carboxylic acids is 2. The maximum absolute atomic E-state index is 11.7. The first-order valence-corrected chi connectivity index (χ1v) is 10.1. The summed E-state index contributed by atoms with van der Waals surface area (Å²) in [5.41, 5.74) is 2.59. The molecular formula is C20H20N2O3Se. The van der Waals surface area contributed by atoms with Gasteiger partial charge in [0.15, 0.2) is 0 Å². The Morgan fingerprint density at radius 2 is 1.92 bits per heavy atom. The molecule has 1 amide bonds. The number of amides is 1. The number of rotatable bonds is 6. The first-order valence-electron chi connectivity index (χ1n) is 8.36. The van der Waals surface area contributed by atoms with Gasteiger partial charge in [-0.1, -0.05) is 0 Å². The molecule has 0 unspecified atom stereocenters. The fraction of sp³-hybridized carbons (Fsp3) is 0.200. The van der Waals surface area contributed by atoms with Crippen LogP contribution in [0.1, 0.15) is 22.8 Å². The zero-order valence-corrected chi connectivity index (χ0v) is 16.4. The molecule has 0 bridgehead atoms. The number of nitrogens with one attached hydrogen (secondary N) is 2. The number of carbonyl (C=O) groups is 2. The number of ether oxygens (including phenoxy) is 1. The molecule has 5 nitrogen and oxygen atoms in total. The molecule has 1 aromatic heterocycles. The molecule has 3 rings (SSSR count). The Balaban J connectivity index is 1.76. The van der Waals surface area contributed by atoms with Crippen LogP contribution >= 0.6 is 0 Å². The summed E-state index contributed by atoms with van der Waals surface area (Å²) in [5.74, 6) is -0.288. The van der Waals surface area contributed by atoms with Crippen LogP contribution in [-0.4, -0.2) is 45.5 Å². The Morgan fingerprint density at radius 3 is 2.62 bits per heavy atom. The van der Waals surface area contributed by atoms with E-state index in [1.54, 1.807) is 14.0 Å². The van der Waals surface area contributed by atoms with E-state index in [0.29, 0.717) is 18.6 Å². The summed E-state index contributed by atoms with van der Waals surface area (Å²) < 4.78 is 7.43. The van der Waals surface area contributed by atoms with Gasteiger partial charge in [0, 0.05) is 0 Å². The molecule has 2 N–H and O–H groups in total. The predicted molar refractivity (Wildman–Crippen MR) is 103 cm³/mol. The van der Waals surface area contributed by atoms with E-state index < -0.39 is 0 Å². The standard InChI is InChI=1S/C20H20N2O3Se/c1-3-25-20(24)14-5-7-15(8-6-14)26-18-12-22-17-10-13(4-9-16(17)18)11-19(23)21-2/h4-10,12,22H,3,11H2,1-2H3,(H,21,23). The van der Waals surface area contributed by atoms with Gasteiger partial charge >= 0.3 is 158 Å².